The Kier molecular flexibility index (Phi) is 6.90. The van der Waals surface area contributed by atoms with Gasteiger partial charge in [-0.05, 0) is 47.5 Å². The zero-order valence-electron chi connectivity index (χ0n) is 15.1. The third-order valence-electron chi connectivity index (χ3n) is 4.02. The van der Waals surface area contributed by atoms with Crippen LogP contribution in [0.5, 0.6) is 0 Å². The van der Waals surface area contributed by atoms with Gasteiger partial charge in [0.1, 0.15) is 0 Å². The molecule has 0 radical (unpaired) electrons. The Morgan fingerprint density at radius 2 is 2.32 bits per heavy atom. The standard InChI is InChI=1S/C16H19N5O6S/c1-25-15(22)12-10-11(21(23)24)5-6-13(12)28-16-17-18-19-20(16)7-9-27-14-4-2-3-8-26-14/h5-6,10,14H,2-4,7-9H2,1H3. The highest BCUT2D eigenvalue weighted by Crippen LogP contribution is 2.31. The van der Waals surface area contributed by atoms with Gasteiger partial charge in [0, 0.05) is 23.6 Å². The molecule has 1 saturated heterocycles. The molecule has 28 heavy (non-hydrogen) atoms. The zero-order chi connectivity index (χ0) is 19.9. The Morgan fingerprint density at radius 1 is 1.46 bits per heavy atom. The average molecular weight is 409 g/mol. The van der Waals surface area contributed by atoms with Crippen molar-refractivity contribution in [1.29, 1.82) is 0 Å². The van der Waals surface area contributed by atoms with E-state index in [0.717, 1.165) is 31.0 Å². The Labute approximate surface area is 164 Å². The highest BCUT2D eigenvalue weighted by molar-refractivity contribution is 7.99. The maximum Gasteiger partial charge on any atom is 0.339 e. The van der Waals surface area contributed by atoms with Crippen LogP contribution in [0.15, 0.2) is 28.3 Å². The number of carbonyl (C=O) groups excluding carboxylic acids is 1. The van der Waals surface area contributed by atoms with E-state index in [-0.39, 0.29) is 17.5 Å². The quantitative estimate of drug-likeness (QED) is 0.362. The summed E-state index contributed by atoms with van der Waals surface area (Å²) in [6.07, 6.45) is 2.78. The topological polar surface area (TPSA) is 132 Å². The van der Waals surface area contributed by atoms with Gasteiger partial charge in [0.2, 0.25) is 5.16 Å². The minimum atomic E-state index is -0.678. The van der Waals surface area contributed by atoms with Gasteiger partial charge in [0.15, 0.2) is 6.29 Å². The van der Waals surface area contributed by atoms with E-state index in [4.69, 9.17) is 14.2 Å². The largest absolute Gasteiger partial charge is 0.465 e. The average Bonchev–Trinajstić information content (AvgIpc) is 3.15. The summed E-state index contributed by atoms with van der Waals surface area (Å²) in [5.74, 6) is -0.678. The summed E-state index contributed by atoms with van der Waals surface area (Å²) in [6.45, 7) is 1.47. The van der Waals surface area contributed by atoms with E-state index < -0.39 is 10.9 Å². The lowest BCUT2D eigenvalue weighted by Crippen LogP contribution is -2.24. The number of benzene rings is 1. The van der Waals surface area contributed by atoms with Gasteiger partial charge < -0.3 is 14.2 Å². The minimum absolute atomic E-state index is 0.0723. The number of rotatable bonds is 8. The Hall–Kier alpha value is -2.57. The molecule has 1 unspecified atom stereocenters. The van der Waals surface area contributed by atoms with Gasteiger partial charge in [-0.1, -0.05) is 0 Å². The second kappa shape index (κ2) is 9.57. The summed E-state index contributed by atoms with van der Waals surface area (Å²) in [6, 6.07) is 3.96. The summed E-state index contributed by atoms with van der Waals surface area (Å²) in [5, 5.41) is 22.9. The minimum Gasteiger partial charge on any atom is -0.465 e. The number of esters is 1. The van der Waals surface area contributed by atoms with E-state index in [9.17, 15) is 14.9 Å². The monoisotopic (exact) mass is 409 g/mol. The summed E-state index contributed by atoms with van der Waals surface area (Å²) in [4.78, 5) is 22.9. The van der Waals surface area contributed by atoms with E-state index in [1.165, 1.54) is 30.0 Å². The molecule has 2 heterocycles. The fourth-order valence-corrected chi connectivity index (χ4v) is 3.51. The Morgan fingerprint density at radius 3 is 3.04 bits per heavy atom. The molecule has 1 aliphatic rings. The lowest BCUT2D eigenvalue weighted by Gasteiger charge is -2.22. The second-order valence-electron chi connectivity index (χ2n) is 5.88. The molecule has 2 aromatic rings. The molecule has 1 fully saturated rings. The molecule has 12 heteroatoms. The SMILES string of the molecule is COC(=O)c1cc([N+](=O)[O-])ccc1Sc1nnnn1CCOC1CCCCO1. The number of ether oxygens (including phenoxy) is 3. The lowest BCUT2D eigenvalue weighted by atomic mass is 10.2. The van der Waals surface area contributed by atoms with Crippen LogP contribution in [-0.4, -0.2) is 57.7 Å². The Bertz CT molecular complexity index is 839. The molecule has 0 N–H and O–H groups in total. The van der Waals surface area contributed by atoms with Crippen molar-refractivity contribution in [1.82, 2.24) is 20.2 Å². The molecule has 0 amide bonds. The van der Waals surface area contributed by atoms with Crippen LogP contribution in [-0.2, 0) is 20.8 Å². The van der Waals surface area contributed by atoms with Crippen molar-refractivity contribution < 1.29 is 23.9 Å². The number of nitrogens with zero attached hydrogens (tertiary/aromatic N) is 5. The molecular formula is C16H19N5O6S. The normalized spacial score (nSPS) is 16.7. The molecule has 0 saturated carbocycles. The first-order valence-corrected chi connectivity index (χ1v) is 9.44. The van der Waals surface area contributed by atoms with Crippen LogP contribution in [0.4, 0.5) is 5.69 Å². The van der Waals surface area contributed by atoms with Gasteiger partial charge in [-0.2, -0.15) is 0 Å². The molecule has 0 bridgehead atoms. The number of nitro groups is 1. The van der Waals surface area contributed by atoms with Crippen molar-refractivity contribution in [2.24, 2.45) is 0 Å². The van der Waals surface area contributed by atoms with Gasteiger partial charge in [0.25, 0.3) is 5.69 Å². The Balaban J connectivity index is 1.69. The van der Waals surface area contributed by atoms with Gasteiger partial charge >= 0.3 is 5.97 Å². The van der Waals surface area contributed by atoms with Crippen molar-refractivity contribution in [3.05, 3.63) is 33.9 Å². The van der Waals surface area contributed by atoms with E-state index in [1.807, 2.05) is 0 Å². The molecule has 1 atom stereocenters. The first kappa shape index (κ1) is 20.2. The predicted molar refractivity (Wildman–Crippen MR) is 95.9 cm³/mol. The van der Waals surface area contributed by atoms with Gasteiger partial charge in [-0.15, -0.1) is 5.10 Å². The van der Waals surface area contributed by atoms with Crippen LogP contribution in [0.1, 0.15) is 29.6 Å². The maximum atomic E-state index is 12.0. The van der Waals surface area contributed by atoms with Crippen LogP contribution in [0, 0.1) is 10.1 Å². The van der Waals surface area contributed by atoms with Crippen molar-refractivity contribution in [3.63, 3.8) is 0 Å². The van der Waals surface area contributed by atoms with Crippen molar-refractivity contribution in [3.8, 4) is 0 Å². The number of tetrazole rings is 1. The highest BCUT2D eigenvalue weighted by Gasteiger charge is 2.20. The molecule has 1 aliphatic heterocycles. The number of non-ortho nitro benzene ring substituents is 1. The number of carbonyl (C=O) groups is 1. The smallest absolute Gasteiger partial charge is 0.339 e. The number of nitro benzene ring substituents is 1. The fraction of sp³-hybridized carbons (Fsp3) is 0.500. The van der Waals surface area contributed by atoms with Gasteiger partial charge in [0.05, 0.1) is 30.7 Å². The number of hydrogen-bond donors (Lipinski definition) is 0. The summed E-state index contributed by atoms with van der Waals surface area (Å²) >= 11 is 1.11. The molecule has 150 valence electrons. The van der Waals surface area contributed by atoms with Crippen molar-refractivity contribution in [2.45, 2.75) is 42.1 Å². The van der Waals surface area contributed by atoms with Crippen LogP contribution in [0.2, 0.25) is 0 Å². The molecule has 0 aliphatic carbocycles. The number of hydrogen-bond acceptors (Lipinski definition) is 10. The molecule has 11 nitrogen and oxygen atoms in total. The van der Waals surface area contributed by atoms with Gasteiger partial charge in [-0.25, -0.2) is 9.48 Å². The van der Waals surface area contributed by atoms with E-state index >= 15 is 0 Å². The third-order valence-corrected chi connectivity index (χ3v) is 5.08. The maximum absolute atomic E-state index is 12.0. The third kappa shape index (κ3) is 5.03. The second-order valence-corrected chi connectivity index (χ2v) is 6.89. The fourth-order valence-electron chi connectivity index (χ4n) is 2.61. The summed E-state index contributed by atoms with van der Waals surface area (Å²) in [7, 11) is 1.21. The summed E-state index contributed by atoms with van der Waals surface area (Å²) < 4.78 is 17.5. The van der Waals surface area contributed by atoms with E-state index in [1.54, 1.807) is 0 Å². The highest BCUT2D eigenvalue weighted by atomic mass is 32.2. The number of aromatic nitrogens is 4. The molecule has 1 aromatic heterocycles. The van der Waals surface area contributed by atoms with Crippen molar-refractivity contribution in [2.75, 3.05) is 20.3 Å². The number of methoxy groups -OCH3 is 1. The first-order chi connectivity index (χ1) is 13.6. The molecule has 0 spiro atoms. The van der Waals surface area contributed by atoms with Crippen LogP contribution < -0.4 is 0 Å². The van der Waals surface area contributed by atoms with E-state index in [2.05, 4.69) is 15.5 Å². The molecule has 3 rings (SSSR count). The molecular weight excluding hydrogens is 390 g/mol. The summed E-state index contributed by atoms with van der Waals surface area (Å²) in [5.41, 5.74) is -0.131. The first-order valence-electron chi connectivity index (χ1n) is 8.62. The van der Waals surface area contributed by atoms with Gasteiger partial charge in [-0.3, -0.25) is 10.1 Å². The van der Waals surface area contributed by atoms with E-state index in [0.29, 0.717) is 29.8 Å². The lowest BCUT2D eigenvalue weighted by molar-refractivity contribution is -0.384. The molecule has 1 aromatic carbocycles. The van der Waals surface area contributed by atoms with Crippen LogP contribution in [0.25, 0.3) is 0 Å². The van der Waals surface area contributed by atoms with Crippen LogP contribution >= 0.6 is 11.8 Å². The van der Waals surface area contributed by atoms with Crippen molar-refractivity contribution >= 4 is 23.4 Å². The van der Waals surface area contributed by atoms with Crippen LogP contribution in [0.3, 0.4) is 0 Å². The predicted octanol–water partition coefficient (Wildman–Crippen LogP) is 2.06. The zero-order valence-corrected chi connectivity index (χ0v) is 16.0.